The highest BCUT2D eigenvalue weighted by atomic mass is 35.5. The molecule has 2 atom stereocenters. The van der Waals surface area contributed by atoms with Gasteiger partial charge in [0.05, 0.1) is 6.10 Å². The predicted octanol–water partition coefficient (Wildman–Crippen LogP) is 5.60. The van der Waals surface area contributed by atoms with Gasteiger partial charge in [-0.15, -0.1) is 12.4 Å². The summed E-state index contributed by atoms with van der Waals surface area (Å²) in [6, 6.07) is 16.8. The van der Waals surface area contributed by atoms with Crippen molar-refractivity contribution in [2.24, 2.45) is 5.73 Å². The first kappa shape index (κ1) is 24.5. The molecule has 166 valence electrons. The highest BCUT2D eigenvalue weighted by molar-refractivity contribution is 5.85. The summed E-state index contributed by atoms with van der Waals surface area (Å²) in [7, 11) is 0. The van der Waals surface area contributed by atoms with Crippen molar-refractivity contribution in [2.45, 2.75) is 76.5 Å². The van der Waals surface area contributed by atoms with Gasteiger partial charge in [0.15, 0.2) is 0 Å². The van der Waals surface area contributed by atoms with Crippen molar-refractivity contribution in [3.8, 4) is 11.5 Å². The molecule has 2 aliphatic rings. The van der Waals surface area contributed by atoms with Crippen molar-refractivity contribution in [3.63, 3.8) is 0 Å². The number of hydrogen-bond acceptors (Lipinski definition) is 4. The minimum atomic E-state index is -0.422. The van der Waals surface area contributed by atoms with Crippen molar-refractivity contribution in [2.75, 3.05) is 6.61 Å². The lowest BCUT2D eigenvalue weighted by molar-refractivity contribution is 0.104. The molecule has 2 aromatic carbocycles. The summed E-state index contributed by atoms with van der Waals surface area (Å²) in [4.78, 5) is 0. The van der Waals surface area contributed by atoms with Gasteiger partial charge in [0.1, 0.15) is 24.2 Å². The lowest BCUT2D eigenvalue weighted by Crippen LogP contribution is -2.22. The summed E-state index contributed by atoms with van der Waals surface area (Å²) in [6.07, 6.45) is 9.03. The van der Waals surface area contributed by atoms with Crippen LogP contribution in [-0.4, -0.2) is 23.9 Å². The van der Waals surface area contributed by atoms with E-state index in [9.17, 15) is 5.11 Å². The molecule has 1 heterocycles. The molecule has 0 saturated heterocycles. The van der Waals surface area contributed by atoms with Crippen LogP contribution in [-0.2, 0) is 6.42 Å². The van der Waals surface area contributed by atoms with Gasteiger partial charge in [0.2, 0.25) is 0 Å². The van der Waals surface area contributed by atoms with E-state index in [4.69, 9.17) is 15.2 Å². The molecule has 3 N–H and O–H groups in total. The molecule has 1 fully saturated rings. The van der Waals surface area contributed by atoms with Gasteiger partial charge >= 0.3 is 0 Å². The lowest BCUT2D eigenvalue weighted by Gasteiger charge is -2.27. The van der Waals surface area contributed by atoms with E-state index in [1.54, 1.807) is 0 Å². The van der Waals surface area contributed by atoms with E-state index in [-0.39, 0.29) is 18.5 Å². The zero-order valence-electron chi connectivity index (χ0n) is 18.0. The van der Waals surface area contributed by atoms with E-state index >= 15 is 0 Å². The van der Waals surface area contributed by atoms with Crippen LogP contribution in [0.1, 0.15) is 69.1 Å². The highest BCUT2D eigenvalue weighted by Crippen LogP contribution is 2.36. The number of nitrogens with two attached hydrogens (primary N) is 1. The summed E-state index contributed by atoms with van der Waals surface area (Å²) >= 11 is 0. The van der Waals surface area contributed by atoms with Crippen molar-refractivity contribution < 1.29 is 14.6 Å². The molecule has 0 aromatic heterocycles. The van der Waals surface area contributed by atoms with Gasteiger partial charge in [0.25, 0.3) is 0 Å². The van der Waals surface area contributed by atoms with Crippen molar-refractivity contribution >= 4 is 12.4 Å². The number of fused-ring (bicyclic) bond motifs is 1. The molecule has 0 radical (unpaired) electrons. The SMILES string of the molecule is CCC(O)COc1ccc2c(c1)OC(c1ccccc1)CC2.Cl.NC1CCCCC1. The van der Waals surface area contributed by atoms with Crippen LogP contribution >= 0.6 is 12.4 Å². The van der Waals surface area contributed by atoms with Gasteiger partial charge in [0, 0.05) is 12.1 Å². The van der Waals surface area contributed by atoms with Crippen LogP contribution in [0.5, 0.6) is 11.5 Å². The van der Waals surface area contributed by atoms with Crippen molar-refractivity contribution in [1.29, 1.82) is 0 Å². The fraction of sp³-hybridized carbons (Fsp3) is 0.520. The van der Waals surface area contributed by atoms with E-state index in [0.29, 0.717) is 19.1 Å². The fourth-order valence-corrected chi connectivity index (χ4v) is 3.79. The second-order valence-corrected chi connectivity index (χ2v) is 8.10. The number of aryl methyl sites for hydroxylation is 1. The number of aliphatic hydroxyl groups excluding tert-OH is 1. The molecule has 4 rings (SSSR count). The van der Waals surface area contributed by atoms with Crippen molar-refractivity contribution in [1.82, 2.24) is 0 Å². The fourth-order valence-electron chi connectivity index (χ4n) is 3.79. The maximum atomic E-state index is 9.59. The number of halogens is 1. The Morgan fingerprint density at radius 3 is 2.43 bits per heavy atom. The van der Waals surface area contributed by atoms with E-state index in [1.165, 1.54) is 43.2 Å². The molecule has 1 saturated carbocycles. The maximum absolute atomic E-state index is 9.59. The molecule has 30 heavy (non-hydrogen) atoms. The Kier molecular flexibility index (Phi) is 10.5. The monoisotopic (exact) mass is 433 g/mol. The van der Waals surface area contributed by atoms with Gasteiger partial charge in [-0.05, 0) is 49.3 Å². The second kappa shape index (κ2) is 12.8. The number of hydrogen-bond donors (Lipinski definition) is 2. The average molecular weight is 434 g/mol. The van der Waals surface area contributed by atoms with Crippen LogP contribution in [0.25, 0.3) is 0 Å². The van der Waals surface area contributed by atoms with Gasteiger partial charge < -0.3 is 20.3 Å². The predicted molar refractivity (Wildman–Crippen MR) is 125 cm³/mol. The molecule has 1 aliphatic carbocycles. The van der Waals surface area contributed by atoms with E-state index in [2.05, 4.69) is 18.2 Å². The zero-order chi connectivity index (χ0) is 20.5. The molecule has 0 spiro atoms. The lowest BCUT2D eigenvalue weighted by atomic mass is 9.97. The van der Waals surface area contributed by atoms with Crippen LogP contribution < -0.4 is 15.2 Å². The maximum Gasteiger partial charge on any atom is 0.127 e. The molecule has 5 heteroatoms. The van der Waals surface area contributed by atoms with E-state index in [0.717, 1.165) is 24.3 Å². The Hall–Kier alpha value is -1.75. The quantitative estimate of drug-likeness (QED) is 0.643. The normalized spacial score (nSPS) is 19.2. The molecule has 0 bridgehead atoms. The van der Waals surface area contributed by atoms with Crippen LogP contribution in [0.3, 0.4) is 0 Å². The summed E-state index contributed by atoms with van der Waals surface area (Å²) in [5, 5.41) is 9.59. The third-order valence-corrected chi connectivity index (χ3v) is 5.72. The largest absolute Gasteiger partial charge is 0.491 e. The summed E-state index contributed by atoms with van der Waals surface area (Å²) in [6.45, 7) is 2.26. The van der Waals surface area contributed by atoms with Gasteiger partial charge in [-0.25, -0.2) is 0 Å². The van der Waals surface area contributed by atoms with Gasteiger partial charge in [-0.2, -0.15) is 0 Å². The first-order valence-corrected chi connectivity index (χ1v) is 11.1. The van der Waals surface area contributed by atoms with Crippen LogP contribution in [0.15, 0.2) is 48.5 Å². The van der Waals surface area contributed by atoms with E-state index in [1.807, 2.05) is 37.3 Å². The highest BCUT2D eigenvalue weighted by Gasteiger charge is 2.21. The third kappa shape index (κ3) is 7.50. The van der Waals surface area contributed by atoms with Gasteiger partial charge in [-0.3, -0.25) is 0 Å². The number of benzene rings is 2. The molecule has 2 aromatic rings. The summed E-state index contributed by atoms with van der Waals surface area (Å²) in [5.74, 6) is 1.64. The van der Waals surface area contributed by atoms with Crippen LogP contribution in [0.4, 0.5) is 0 Å². The first-order chi connectivity index (χ1) is 14.2. The topological polar surface area (TPSA) is 64.7 Å². The third-order valence-electron chi connectivity index (χ3n) is 5.72. The smallest absolute Gasteiger partial charge is 0.127 e. The molecular weight excluding hydrogens is 398 g/mol. The first-order valence-electron chi connectivity index (χ1n) is 11.1. The average Bonchev–Trinajstić information content (AvgIpc) is 2.78. The number of ether oxygens (including phenoxy) is 2. The van der Waals surface area contributed by atoms with E-state index < -0.39 is 6.10 Å². The molecule has 1 aliphatic heterocycles. The van der Waals surface area contributed by atoms with Gasteiger partial charge in [-0.1, -0.05) is 62.6 Å². The summed E-state index contributed by atoms with van der Waals surface area (Å²) in [5.41, 5.74) is 8.06. The zero-order valence-corrected chi connectivity index (χ0v) is 18.8. The standard InChI is InChI=1S/C19H22O3.C6H13N.ClH/c1-2-16(20)13-21-17-10-8-15-9-11-18(22-19(15)12-17)14-6-4-3-5-7-14;7-6-4-2-1-3-5-6;/h3-8,10,12,16,18,20H,2,9,11,13H2,1H3;6H,1-5,7H2;1H. The minimum absolute atomic E-state index is 0. The molecule has 2 unspecified atom stereocenters. The van der Waals surface area contributed by atoms with Crippen LogP contribution in [0.2, 0.25) is 0 Å². The molecular formula is C25H36ClNO3. The Balaban J connectivity index is 0.000000341. The number of aliphatic hydroxyl groups is 1. The molecule has 0 amide bonds. The Bertz CT molecular complexity index is 734. The van der Waals surface area contributed by atoms with Crippen molar-refractivity contribution in [3.05, 3.63) is 59.7 Å². The molecule has 4 nitrogen and oxygen atoms in total. The second-order valence-electron chi connectivity index (χ2n) is 8.10. The number of rotatable bonds is 5. The summed E-state index contributed by atoms with van der Waals surface area (Å²) < 4.78 is 11.8. The van der Waals surface area contributed by atoms with Crippen LogP contribution in [0, 0.1) is 0 Å². The Morgan fingerprint density at radius 1 is 1.07 bits per heavy atom. The minimum Gasteiger partial charge on any atom is -0.491 e. The Labute approximate surface area is 187 Å². The Morgan fingerprint density at radius 2 is 1.80 bits per heavy atom.